The van der Waals surface area contributed by atoms with Crippen LogP contribution in [0.2, 0.25) is 0 Å². The Balaban J connectivity index is 2.01. The van der Waals surface area contributed by atoms with Gasteiger partial charge in [0.15, 0.2) is 0 Å². The Morgan fingerprint density at radius 1 is 1.44 bits per heavy atom. The molecular weight excluding hydrogens is 214 g/mol. The molecule has 2 heteroatoms. The second kappa shape index (κ2) is 5.74. The molecule has 2 atom stereocenters. The van der Waals surface area contributed by atoms with Gasteiger partial charge in [-0.05, 0) is 36.6 Å². The van der Waals surface area contributed by atoms with Gasteiger partial charge < -0.3 is 5.32 Å². The summed E-state index contributed by atoms with van der Waals surface area (Å²) >= 11 is 1.93. The lowest BCUT2D eigenvalue weighted by Gasteiger charge is -2.27. The second-order valence-corrected chi connectivity index (χ2v) is 5.87. The van der Waals surface area contributed by atoms with Gasteiger partial charge in [-0.1, -0.05) is 31.2 Å². The molecule has 1 aromatic rings. The van der Waals surface area contributed by atoms with Crippen LogP contribution in [0.4, 0.5) is 0 Å². The van der Waals surface area contributed by atoms with Gasteiger partial charge in [-0.25, -0.2) is 0 Å². The van der Waals surface area contributed by atoms with Crippen molar-refractivity contribution >= 4 is 11.8 Å². The zero-order valence-corrected chi connectivity index (χ0v) is 11.0. The molecule has 0 spiro atoms. The van der Waals surface area contributed by atoms with Crippen molar-refractivity contribution in [3.05, 3.63) is 35.4 Å². The summed E-state index contributed by atoms with van der Waals surface area (Å²) in [5, 5.41) is 4.41. The molecule has 2 rings (SSSR count). The number of hydrogen-bond acceptors (Lipinski definition) is 2. The van der Waals surface area contributed by atoms with Gasteiger partial charge in [0.05, 0.1) is 0 Å². The summed E-state index contributed by atoms with van der Waals surface area (Å²) in [6.45, 7) is 3.40. The number of thioether (sulfide) groups is 1. The maximum absolute atomic E-state index is 3.71. The largest absolute Gasteiger partial charge is 0.309 e. The lowest BCUT2D eigenvalue weighted by atomic mass is 9.88. The van der Waals surface area contributed by atoms with E-state index in [4.69, 9.17) is 0 Å². The number of nitrogens with one attached hydrogen (secondary N) is 1. The standard InChI is InChI=1S/C14H21NS/c1-11(16-2)10-15-14-9-5-7-12-6-3-4-8-13(12)14/h3-4,6,8,11,14-15H,5,7,9-10H2,1-2H3. The van der Waals surface area contributed by atoms with Gasteiger partial charge in [0.25, 0.3) is 0 Å². The molecule has 0 saturated carbocycles. The third kappa shape index (κ3) is 2.80. The Bertz CT molecular complexity index is 337. The molecule has 1 aliphatic rings. The Labute approximate surface area is 103 Å². The first-order chi connectivity index (χ1) is 7.81. The van der Waals surface area contributed by atoms with E-state index in [1.54, 1.807) is 5.56 Å². The minimum atomic E-state index is 0.583. The Morgan fingerprint density at radius 2 is 2.25 bits per heavy atom. The van der Waals surface area contributed by atoms with Crippen LogP contribution < -0.4 is 5.32 Å². The lowest BCUT2D eigenvalue weighted by molar-refractivity contribution is 0.463. The molecule has 0 aliphatic heterocycles. The van der Waals surface area contributed by atoms with Gasteiger partial charge in [0.1, 0.15) is 0 Å². The van der Waals surface area contributed by atoms with Gasteiger partial charge >= 0.3 is 0 Å². The molecule has 2 unspecified atom stereocenters. The average Bonchev–Trinajstić information content (AvgIpc) is 2.35. The number of rotatable bonds is 4. The van der Waals surface area contributed by atoms with Crippen molar-refractivity contribution in [3.8, 4) is 0 Å². The summed E-state index contributed by atoms with van der Waals surface area (Å²) in [7, 11) is 0. The fourth-order valence-corrected chi connectivity index (χ4v) is 2.62. The highest BCUT2D eigenvalue weighted by Crippen LogP contribution is 2.29. The highest BCUT2D eigenvalue weighted by Gasteiger charge is 2.19. The van der Waals surface area contributed by atoms with Crippen LogP contribution in [0.5, 0.6) is 0 Å². The molecule has 1 N–H and O–H groups in total. The maximum Gasteiger partial charge on any atom is 0.0323 e. The van der Waals surface area contributed by atoms with Crippen LogP contribution >= 0.6 is 11.8 Å². The monoisotopic (exact) mass is 235 g/mol. The summed E-state index contributed by atoms with van der Waals surface area (Å²) in [5.74, 6) is 0. The van der Waals surface area contributed by atoms with E-state index in [0.717, 1.165) is 6.54 Å². The van der Waals surface area contributed by atoms with E-state index in [2.05, 4.69) is 42.8 Å². The van der Waals surface area contributed by atoms with Gasteiger partial charge in [-0.2, -0.15) is 11.8 Å². The summed E-state index contributed by atoms with van der Waals surface area (Å²) in [5.41, 5.74) is 3.07. The number of fused-ring (bicyclic) bond motifs is 1. The molecule has 16 heavy (non-hydrogen) atoms. The molecule has 1 nitrogen and oxygen atoms in total. The van der Waals surface area contributed by atoms with Crippen LogP contribution in [0.15, 0.2) is 24.3 Å². The van der Waals surface area contributed by atoms with E-state index >= 15 is 0 Å². The summed E-state index contributed by atoms with van der Waals surface area (Å²) in [6, 6.07) is 9.47. The first kappa shape index (κ1) is 12.0. The zero-order valence-electron chi connectivity index (χ0n) is 10.2. The summed E-state index contributed by atoms with van der Waals surface area (Å²) in [6.07, 6.45) is 6.05. The van der Waals surface area contributed by atoms with Gasteiger partial charge in [0, 0.05) is 17.8 Å². The van der Waals surface area contributed by atoms with E-state index < -0.39 is 0 Å². The van der Waals surface area contributed by atoms with Crippen molar-refractivity contribution in [2.45, 2.75) is 37.5 Å². The highest BCUT2D eigenvalue weighted by molar-refractivity contribution is 7.99. The second-order valence-electron chi connectivity index (χ2n) is 4.60. The van der Waals surface area contributed by atoms with Crippen LogP contribution in [0.1, 0.15) is 36.9 Å². The maximum atomic E-state index is 3.71. The molecular formula is C14H21NS. The van der Waals surface area contributed by atoms with Crippen LogP contribution in [-0.4, -0.2) is 18.1 Å². The minimum Gasteiger partial charge on any atom is -0.309 e. The van der Waals surface area contributed by atoms with E-state index in [-0.39, 0.29) is 0 Å². The van der Waals surface area contributed by atoms with E-state index in [9.17, 15) is 0 Å². The van der Waals surface area contributed by atoms with E-state index in [0.29, 0.717) is 11.3 Å². The molecule has 88 valence electrons. The van der Waals surface area contributed by atoms with Gasteiger partial charge in [0.2, 0.25) is 0 Å². The first-order valence-electron chi connectivity index (χ1n) is 6.15. The molecule has 0 radical (unpaired) electrons. The first-order valence-corrected chi connectivity index (χ1v) is 7.44. The molecule has 0 fully saturated rings. The van der Waals surface area contributed by atoms with Crippen LogP contribution in [-0.2, 0) is 6.42 Å². The molecule has 0 saturated heterocycles. The molecule has 1 aromatic carbocycles. The fraction of sp³-hybridized carbons (Fsp3) is 0.571. The quantitative estimate of drug-likeness (QED) is 0.858. The number of hydrogen-bond donors (Lipinski definition) is 1. The predicted molar refractivity (Wildman–Crippen MR) is 73.1 cm³/mol. The van der Waals surface area contributed by atoms with Crippen molar-refractivity contribution in [3.63, 3.8) is 0 Å². The topological polar surface area (TPSA) is 12.0 Å². The van der Waals surface area contributed by atoms with Crippen LogP contribution in [0.3, 0.4) is 0 Å². The summed E-state index contributed by atoms with van der Waals surface area (Å²) < 4.78 is 0. The molecule has 0 amide bonds. The van der Waals surface area contributed by atoms with Gasteiger partial charge in [-0.15, -0.1) is 0 Å². The number of benzene rings is 1. The Kier molecular flexibility index (Phi) is 4.30. The van der Waals surface area contributed by atoms with E-state index in [1.165, 1.54) is 24.8 Å². The van der Waals surface area contributed by atoms with Crippen molar-refractivity contribution in [2.75, 3.05) is 12.8 Å². The molecule has 0 bridgehead atoms. The van der Waals surface area contributed by atoms with Crippen molar-refractivity contribution in [1.29, 1.82) is 0 Å². The normalized spacial score (nSPS) is 21.5. The Morgan fingerprint density at radius 3 is 3.06 bits per heavy atom. The average molecular weight is 235 g/mol. The van der Waals surface area contributed by atoms with Crippen molar-refractivity contribution in [2.24, 2.45) is 0 Å². The van der Waals surface area contributed by atoms with Crippen LogP contribution in [0.25, 0.3) is 0 Å². The molecule has 0 heterocycles. The third-order valence-corrected chi connectivity index (χ3v) is 4.39. The fourth-order valence-electron chi connectivity index (χ4n) is 2.36. The van der Waals surface area contributed by atoms with Crippen molar-refractivity contribution in [1.82, 2.24) is 5.32 Å². The molecule has 1 aliphatic carbocycles. The minimum absolute atomic E-state index is 0.583. The third-order valence-electron chi connectivity index (χ3n) is 3.42. The highest BCUT2D eigenvalue weighted by atomic mass is 32.2. The van der Waals surface area contributed by atoms with E-state index in [1.807, 2.05) is 11.8 Å². The lowest BCUT2D eigenvalue weighted by Crippen LogP contribution is -2.29. The van der Waals surface area contributed by atoms with Crippen molar-refractivity contribution < 1.29 is 0 Å². The zero-order chi connectivity index (χ0) is 11.4. The van der Waals surface area contributed by atoms with Gasteiger partial charge in [-0.3, -0.25) is 0 Å². The number of aryl methyl sites for hydroxylation is 1. The summed E-state index contributed by atoms with van der Waals surface area (Å²) in [4.78, 5) is 0. The molecule has 0 aromatic heterocycles. The Hall–Kier alpha value is -0.470. The SMILES string of the molecule is CSC(C)CNC1CCCc2ccccc21. The smallest absolute Gasteiger partial charge is 0.0323 e. The predicted octanol–water partition coefficient (Wildman–Crippen LogP) is 3.41. The van der Waals surface area contributed by atoms with Crippen LogP contribution in [0, 0.1) is 0 Å².